The number of amides is 3. The Morgan fingerprint density at radius 1 is 1.22 bits per heavy atom. The van der Waals surface area contributed by atoms with E-state index in [2.05, 4.69) is 26.0 Å². The van der Waals surface area contributed by atoms with Gasteiger partial charge < -0.3 is 41.4 Å². The number of aromatic nitrogens is 1. The number of hydrogen-bond acceptors (Lipinski definition) is 17. The highest BCUT2D eigenvalue weighted by Crippen LogP contribution is 2.42. The monoisotopic (exact) mass is 759 g/mol. The second-order valence-electron chi connectivity index (χ2n) is 10.8. The number of benzene rings is 1. The highest BCUT2D eigenvalue weighted by Gasteiger charge is 2.54. The van der Waals surface area contributed by atoms with E-state index in [1.54, 1.807) is 13.0 Å². The van der Waals surface area contributed by atoms with Gasteiger partial charge in [0.05, 0.1) is 11.2 Å². The number of hydrazine groups is 2. The molecule has 9 N–H and O–H groups in total. The number of carbonyl (C=O) groups excluding carboxylic acids is 2. The normalized spacial score (nSPS) is 20.4. The zero-order valence-electron chi connectivity index (χ0n) is 25.8. The average molecular weight is 760 g/mol. The molecule has 1 saturated heterocycles. The molecular formula is C28H25N9O11S3. The summed E-state index contributed by atoms with van der Waals surface area (Å²) in [5.74, 6) is -5.19. The van der Waals surface area contributed by atoms with Crippen molar-refractivity contribution in [2.75, 3.05) is 17.2 Å². The number of carbonyl (C=O) groups is 5. The summed E-state index contributed by atoms with van der Waals surface area (Å²) in [4.78, 5) is 77.4. The number of nitrogen functional groups attached to an aromatic ring is 1. The zero-order valence-corrected chi connectivity index (χ0v) is 28.2. The zero-order chi connectivity index (χ0) is 36.7. The minimum atomic E-state index is -1.84. The number of allylic oxidation sites excluding steroid dienone is 1. The molecule has 1 aromatic heterocycles. The molecule has 3 atom stereocenters. The first-order chi connectivity index (χ1) is 24.2. The molecule has 4 aliphatic rings. The molecule has 51 heavy (non-hydrogen) atoms. The van der Waals surface area contributed by atoms with Gasteiger partial charge in [0, 0.05) is 28.2 Å². The Labute approximate surface area is 298 Å². The highest BCUT2D eigenvalue weighted by atomic mass is 32.2. The number of rotatable bonds is 11. The van der Waals surface area contributed by atoms with Gasteiger partial charge in [0.1, 0.15) is 22.8 Å². The van der Waals surface area contributed by atoms with Crippen molar-refractivity contribution in [1.82, 2.24) is 30.8 Å². The number of thioether (sulfide) groups is 2. The largest absolute Gasteiger partial charge is 0.504 e. The number of β-lactam (4-membered cyclic amide) rings is 1. The lowest BCUT2D eigenvalue weighted by molar-refractivity contribution is -0.151. The Balaban J connectivity index is 1.18. The summed E-state index contributed by atoms with van der Waals surface area (Å²) in [7, 11) is 0. The first kappa shape index (κ1) is 35.1. The fourth-order valence-corrected chi connectivity index (χ4v) is 8.19. The number of nitrogens with zero attached hydrogens (tertiary/aromatic N) is 6. The molecule has 6 rings (SSSR count). The number of carboxylic acids is 2. The number of aliphatic imine (C=N–C) groups is 1. The SMILES string of the molecule is CC1=NC2=CN(C(=O)O)NN2C(SCC2=C(C(=O)O)N3C(=O)[C@@H](NC(=O)C(=NO[C@H](C(=O)O)c4ccc(O)c(O)c4)c4csc(N)n4)[C@H]3SC2)=C1. The third-order valence-electron chi connectivity index (χ3n) is 7.42. The molecule has 0 bridgehead atoms. The number of anilines is 1. The van der Waals surface area contributed by atoms with Crippen LogP contribution in [0.25, 0.3) is 0 Å². The van der Waals surface area contributed by atoms with Crippen molar-refractivity contribution in [3.63, 3.8) is 0 Å². The number of oxime groups is 1. The summed E-state index contributed by atoms with van der Waals surface area (Å²) in [5, 5.41) is 58.2. The van der Waals surface area contributed by atoms with Crippen molar-refractivity contribution < 1.29 is 54.3 Å². The van der Waals surface area contributed by atoms with Crippen LogP contribution < -0.4 is 16.6 Å². The van der Waals surface area contributed by atoms with Crippen molar-refractivity contribution in [3.8, 4) is 11.5 Å². The summed E-state index contributed by atoms with van der Waals surface area (Å²) in [5.41, 5.74) is 8.35. The third kappa shape index (κ3) is 6.86. The van der Waals surface area contributed by atoms with Crippen LogP contribution in [0.15, 0.2) is 68.1 Å². The summed E-state index contributed by atoms with van der Waals surface area (Å²) in [6.45, 7) is 1.72. The molecule has 1 fully saturated rings. The number of aliphatic carboxylic acids is 2. The Morgan fingerprint density at radius 3 is 2.63 bits per heavy atom. The van der Waals surface area contributed by atoms with Crippen LogP contribution in [0.5, 0.6) is 11.5 Å². The van der Waals surface area contributed by atoms with E-state index < -0.39 is 64.6 Å². The van der Waals surface area contributed by atoms with E-state index in [4.69, 9.17) is 10.6 Å². The lowest BCUT2D eigenvalue weighted by atomic mass is 10.0. The number of nitrogens with two attached hydrogens (primary N) is 1. The molecular weight excluding hydrogens is 735 g/mol. The first-order valence-electron chi connectivity index (χ1n) is 14.3. The summed E-state index contributed by atoms with van der Waals surface area (Å²) in [6.07, 6.45) is -0.136. The maximum Gasteiger partial charge on any atom is 0.427 e. The van der Waals surface area contributed by atoms with E-state index in [0.29, 0.717) is 22.1 Å². The quantitative estimate of drug-likeness (QED) is 0.0686. The molecule has 2 aromatic rings. The van der Waals surface area contributed by atoms with Crippen LogP contribution in [0.3, 0.4) is 0 Å². The Kier molecular flexibility index (Phi) is 9.52. The molecule has 4 aliphatic heterocycles. The van der Waals surface area contributed by atoms with Crippen LogP contribution in [0.1, 0.15) is 24.3 Å². The summed E-state index contributed by atoms with van der Waals surface area (Å²) in [6, 6.07) is 1.94. The van der Waals surface area contributed by atoms with Crippen molar-refractivity contribution in [2.24, 2.45) is 10.1 Å². The molecule has 0 aliphatic carbocycles. The fourth-order valence-electron chi connectivity index (χ4n) is 5.09. The molecule has 20 nitrogen and oxygen atoms in total. The van der Waals surface area contributed by atoms with Crippen LogP contribution >= 0.6 is 34.9 Å². The molecule has 266 valence electrons. The Morgan fingerprint density at radius 2 is 1.98 bits per heavy atom. The van der Waals surface area contributed by atoms with Gasteiger partial charge in [-0.1, -0.05) is 11.2 Å². The molecule has 0 unspecified atom stereocenters. The molecule has 0 spiro atoms. The average Bonchev–Trinajstić information content (AvgIpc) is 3.71. The molecule has 5 heterocycles. The molecule has 0 radical (unpaired) electrons. The maximum absolute atomic E-state index is 13.5. The predicted octanol–water partition coefficient (Wildman–Crippen LogP) is 0.985. The molecule has 1 aromatic carbocycles. The van der Waals surface area contributed by atoms with Crippen molar-refractivity contribution in [1.29, 1.82) is 0 Å². The van der Waals surface area contributed by atoms with E-state index in [9.17, 15) is 49.5 Å². The lowest BCUT2D eigenvalue weighted by Crippen LogP contribution is -2.71. The first-order valence-corrected chi connectivity index (χ1v) is 17.3. The van der Waals surface area contributed by atoms with Gasteiger partial charge in [-0.25, -0.2) is 29.4 Å². The topological polar surface area (TPSA) is 293 Å². The number of phenolic OH excluding ortho intramolecular Hbond substituents is 2. The van der Waals surface area contributed by atoms with E-state index in [1.807, 2.05) is 0 Å². The van der Waals surface area contributed by atoms with Gasteiger partial charge in [-0.3, -0.25) is 14.5 Å². The summed E-state index contributed by atoms with van der Waals surface area (Å²) < 4.78 is 0. The number of aromatic hydroxyl groups is 2. The standard InChI is InChI=1S/C28H25N9O11S3/c1-10-4-17(37-16(30-10)6-35(34-37)28(46)47)49-7-12-8-50-24-19(23(41)36(24)20(12)25(42)43)32-22(40)18(13-9-51-27(29)31-13)33-48-21(26(44)45)11-2-3-14(38)15(39)5-11/h2-6,9,19,21,24,34,38-39H,7-8H2,1H3,(H2,29,31)(H,32,40)(H,42,43)(H,44,45)(H,46,47)/t19-,21+,24-/m1/s1. The van der Waals surface area contributed by atoms with Crippen LogP contribution in [-0.4, -0.2) is 110 Å². The van der Waals surface area contributed by atoms with E-state index in [0.717, 1.165) is 39.4 Å². The number of thiazole rings is 1. The van der Waals surface area contributed by atoms with Gasteiger partial charge in [-0.15, -0.1) is 40.4 Å². The molecule has 3 amide bonds. The van der Waals surface area contributed by atoms with Gasteiger partial charge in [0.2, 0.25) is 6.10 Å². The number of carboxylic acid groups (broad SMARTS) is 3. The van der Waals surface area contributed by atoms with Crippen LogP contribution in [0.2, 0.25) is 0 Å². The number of fused-ring (bicyclic) bond motifs is 2. The smallest absolute Gasteiger partial charge is 0.427 e. The Hall–Kier alpha value is -5.78. The fraction of sp³-hybridized carbons (Fsp3) is 0.214. The van der Waals surface area contributed by atoms with E-state index >= 15 is 0 Å². The molecule has 23 heteroatoms. The minimum absolute atomic E-state index is 0.0394. The van der Waals surface area contributed by atoms with Crippen LogP contribution in [0, 0.1) is 0 Å². The van der Waals surface area contributed by atoms with Gasteiger partial charge in [0.25, 0.3) is 11.8 Å². The number of phenols is 2. The van der Waals surface area contributed by atoms with Crippen molar-refractivity contribution >= 4 is 81.3 Å². The van der Waals surface area contributed by atoms with Crippen LogP contribution in [0.4, 0.5) is 9.93 Å². The minimum Gasteiger partial charge on any atom is -0.504 e. The van der Waals surface area contributed by atoms with Crippen LogP contribution in [-0.2, 0) is 24.0 Å². The van der Waals surface area contributed by atoms with Gasteiger partial charge in [-0.2, -0.15) is 5.01 Å². The summed E-state index contributed by atoms with van der Waals surface area (Å²) >= 11 is 3.34. The maximum atomic E-state index is 13.5. The number of nitrogens with one attached hydrogen (secondary N) is 2. The third-order valence-corrected chi connectivity index (χ3v) is 10.5. The van der Waals surface area contributed by atoms with Gasteiger partial charge in [0.15, 0.2) is 28.2 Å². The highest BCUT2D eigenvalue weighted by molar-refractivity contribution is 8.03. The lowest BCUT2D eigenvalue weighted by Gasteiger charge is -2.49. The van der Waals surface area contributed by atoms with E-state index in [1.165, 1.54) is 40.1 Å². The predicted molar refractivity (Wildman–Crippen MR) is 181 cm³/mol. The van der Waals surface area contributed by atoms with E-state index in [-0.39, 0.29) is 33.6 Å². The van der Waals surface area contributed by atoms with Crippen molar-refractivity contribution in [3.05, 3.63) is 69.2 Å². The second-order valence-corrected chi connectivity index (χ2v) is 13.8. The Bertz CT molecular complexity index is 2030. The second kappa shape index (κ2) is 13.9. The molecule has 0 saturated carbocycles. The van der Waals surface area contributed by atoms with Crippen molar-refractivity contribution in [2.45, 2.75) is 24.4 Å². The van der Waals surface area contributed by atoms with Gasteiger partial charge in [-0.05, 0) is 30.7 Å². The number of hydrogen-bond donors (Lipinski definition) is 8. The van der Waals surface area contributed by atoms with Gasteiger partial charge >= 0.3 is 18.0 Å².